The van der Waals surface area contributed by atoms with E-state index in [4.69, 9.17) is 0 Å². The first-order valence-corrected chi connectivity index (χ1v) is 9.00. The lowest BCUT2D eigenvalue weighted by Gasteiger charge is -2.35. The minimum absolute atomic E-state index is 0.467. The van der Waals surface area contributed by atoms with Gasteiger partial charge in [-0.1, -0.05) is 34.1 Å². The number of hydrogen-bond donors (Lipinski definition) is 1. The van der Waals surface area contributed by atoms with Crippen molar-refractivity contribution in [3.63, 3.8) is 0 Å². The molecule has 1 unspecified atom stereocenters. The van der Waals surface area contributed by atoms with Crippen molar-refractivity contribution in [2.45, 2.75) is 78.7 Å². The number of nitrogens with one attached hydrogen (secondary N) is 1. The van der Waals surface area contributed by atoms with Crippen molar-refractivity contribution in [3.05, 3.63) is 0 Å². The van der Waals surface area contributed by atoms with Gasteiger partial charge in [0.05, 0.1) is 0 Å². The predicted molar refractivity (Wildman–Crippen MR) is 88.1 cm³/mol. The van der Waals surface area contributed by atoms with E-state index in [0.717, 1.165) is 6.04 Å². The molecular formula is C18H36N2. The molecule has 2 aliphatic rings. The summed E-state index contributed by atoms with van der Waals surface area (Å²) in [5.74, 6) is 0. The molecule has 0 aromatic heterocycles. The van der Waals surface area contributed by atoms with Gasteiger partial charge < -0.3 is 10.2 Å². The van der Waals surface area contributed by atoms with Crippen LogP contribution in [0.4, 0.5) is 0 Å². The van der Waals surface area contributed by atoms with Crippen molar-refractivity contribution in [1.29, 1.82) is 0 Å². The van der Waals surface area contributed by atoms with Crippen LogP contribution in [0.3, 0.4) is 0 Å². The van der Waals surface area contributed by atoms with Crippen molar-refractivity contribution >= 4 is 0 Å². The molecule has 2 rings (SSSR count). The molecule has 0 bridgehead atoms. The van der Waals surface area contributed by atoms with Gasteiger partial charge in [-0.25, -0.2) is 0 Å². The molecule has 0 aromatic rings. The Labute approximate surface area is 126 Å². The molecular weight excluding hydrogens is 244 g/mol. The van der Waals surface area contributed by atoms with Crippen LogP contribution < -0.4 is 5.32 Å². The standard InChI is InChI=1S/C18H36N2/c1-5-10-17(4,13-19-16-8-9-16)14-20-12-11-18(6-2,7-3)15-20/h16,19H,5-15H2,1-4H3. The van der Waals surface area contributed by atoms with Gasteiger partial charge in [-0.05, 0) is 55.9 Å². The van der Waals surface area contributed by atoms with Crippen LogP contribution in [0.15, 0.2) is 0 Å². The second-order valence-electron chi connectivity index (χ2n) is 7.88. The van der Waals surface area contributed by atoms with Crippen LogP contribution in [0.2, 0.25) is 0 Å². The van der Waals surface area contributed by atoms with Crippen molar-refractivity contribution in [2.75, 3.05) is 26.2 Å². The third-order valence-corrected chi connectivity index (χ3v) is 5.87. The highest BCUT2D eigenvalue weighted by Crippen LogP contribution is 2.38. The van der Waals surface area contributed by atoms with E-state index < -0.39 is 0 Å². The minimum atomic E-state index is 0.467. The van der Waals surface area contributed by atoms with E-state index in [2.05, 4.69) is 37.9 Å². The summed E-state index contributed by atoms with van der Waals surface area (Å²) in [4.78, 5) is 2.76. The van der Waals surface area contributed by atoms with Gasteiger partial charge >= 0.3 is 0 Å². The van der Waals surface area contributed by atoms with Crippen molar-refractivity contribution < 1.29 is 0 Å². The molecule has 1 heterocycles. The molecule has 0 radical (unpaired) electrons. The fourth-order valence-electron chi connectivity index (χ4n) is 4.03. The summed E-state index contributed by atoms with van der Waals surface area (Å²) in [5.41, 5.74) is 1.09. The molecule has 0 amide bonds. The van der Waals surface area contributed by atoms with E-state index in [1.165, 1.54) is 71.1 Å². The molecule has 2 nitrogen and oxygen atoms in total. The molecule has 0 spiro atoms. The average Bonchev–Trinajstić information content (AvgIpc) is 3.18. The maximum atomic E-state index is 3.78. The number of likely N-dealkylation sites (tertiary alicyclic amines) is 1. The molecule has 1 aliphatic carbocycles. The third kappa shape index (κ3) is 4.21. The van der Waals surface area contributed by atoms with Crippen LogP contribution in [0, 0.1) is 10.8 Å². The number of hydrogen-bond acceptors (Lipinski definition) is 2. The molecule has 1 aliphatic heterocycles. The Kier molecular flexibility index (Phi) is 5.53. The van der Waals surface area contributed by atoms with Crippen molar-refractivity contribution in [1.82, 2.24) is 10.2 Å². The molecule has 20 heavy (non-hydrogen) atoms. The monoisotopic (exact) mass is 280 g/mol. The van der Waals surface area contributed by atoms with Gasteiger partial charge in [-0.3, -0.25) is 0 Å². The van der Waals surface area contributed by atoms with Crippen LogP contribution in [0.5, 0.6) is 0 Å². The quantitative estimate of drug-likeness (QED) is 0.685. The highest BCUT2D eigenvalue weighted by Gasteiger charge is 2.38. The Hall–Kier alpha value is -0.0800. The Balaban J connectivity index is 1.87. The van der Waals surface area contributed by atoms with Gasteiger partial charge in [0.1, 0.15) is 0 Å². The molecule has 1 saturated heterocycles. The fourth-order valence-corrected chi connectivity index (χ4v) is 4.03. The minimum Gasteiger partial charge on any atom is -0.313 e. The zero-order chi connectivity index (χ0) is 14.6. The van der Waals surface area contributed by atoms with E-state index >= 15 is 0 Å². The maximum Gasteiger partial charge on any atom is 0.00684 e. The normalized spacial score (nSPS) is 25.8. The van der Waals surface area contributed by atoms with Gasteiger partial charge in [0.25, 0.3) is 0 Å². The lowest BCUT2D eigenvalue weighted by molar-refractivity contribution is 0.152. The predicted octanol–water partition coefficient (Wildman–Crippen LogP) is 4.06. The molecule has 1 N–H and O–H groups in total. The molecule has 2 heteroatoms. The van der Waals surface area contributed by atoms with Crippen LogP contribution in [-0.2, 0) is 0 Å². The summed E-state index contributed by atoms with van der Waals surface area (Å²) in [6.45, 7) is 14.8. The first-order valence-electron chi connectivity index (χ1n) is 9.00. The van der Waals surface area contributed by atoms with Gasteiger partial charge in [-0.15, -0.1) is 0 Å². The number of rotatable bonds is 9. The summed E-state index contributed by atoms with van der Waals surface area (Å²) < 4.78 is 0. The lowest BCUT2D eigenvalue weighted by Crippen LogP contribution is -2.42. The third-order valence-electron chi connectivity index (χ3n) is 5.87. The molecule has 2 fully saturated rings. The fraction of sp³-hybridized carbons (Fsp3) is 1.00. The summed E-state index contributed by atoms with van der Waals surface area (Å²) >= 11 is 0. The SMILES string of the molecule is CCCC(C)(CNC1CC1)CN1CCC(CC)(CC)C1. The second-order valence-corrected chi connectivity index (χ2v) is 7.88. The molecule has 1 atom stereocenters. The summed E-state index contributed by atoms with van der Waals surface area (Å²) in [6, 6.07) is 0.843. The summed E-state index contributed by atoms with van der Waals surface area (Å²) in [7, 11) is 0. The van der Waals surface area contributed by atoms with E-state index in [0.29, 0.717) is 10.8 Å². The maximum absolute atomic E-state index is 3.78. The highest BCUT2D eigenvalue weighted by molar-refractivity contribution is 4.92. The average molecular weight is 280 g/mol. The Morgan fingerprint density at radius 1 is 1.20 bits per heavy atom. The Morgan fingerprint density at radius 3 is 2.40 bits per heavy atom. The van der Waals surface area contributed by atoms with Crippen LogP contribution >= 0.6 is 0 Å². The zero-order valence-corrected chi connectivity index (χ0v) is 14.3. The van der Waals surface area contributed by atoms with Crippen molar-refractivity contribution in [2.24, 2.45) is 10.8 Å². The first-order chi connectivity index (χ1) is 9.55. The van der Waals surface area contributed by atoms with Gasteiger partial charge in [0, 0.05) is 25.7 Å². The summed E-state index contributed by atoms with van der Waals surface area (Å²) in [6.07, 6.45) is 9.59. The second kappa shape index (κ2) is 6.79. The smallest absolute Gasteiger partial charge is 0.00684 e. The Bertz CT molecular complexity index is 294. The van der Waals surface area contributed by atoms with Gasteiger partial charge in [-0.2, -0.15) is 0 Å². The van der Waals surface area contributed by atoms with E-state index in [-0.39, 0.29) is 0 Å². The van der Waals surface area contributed by atoms with E-state index in [1.807, 2.05) is 0 Å². The number of nitrogens with zero attached hydrogens (tertiary/aromatic N) is 1. The van der Waals surface area contributed by atoms with Gasteiger partial charge in [0.2, 0.25) is 0 Å². The largest absolute Gasteiger partial charge is 0.313 e. The first kappa shape index (κ1) is 16.3. The topological polar surface area (TPSA) is 15.3 Å². The van der Waals surface area contributed by atoms with E-state index in [9.17, 15) is 0 Å². The van der Waals surface area contributed by atoms with Crippen LogP contribution in [-0.4, -0.2) is 37.1 Å². The van der Waals surface area contributed by atoms with E-state index in [1.54, 1.807) is 0 Å². The molecule has 0 aromatic carbocycles. The zero-order valence-electron chi connectivity index (χ0n) is 14.3. The van der Waals surface area contributed by atoms with Crippen LogP contribution in [0.25, 0.3) is 0 Å². The lowest BCUT2D eigenvalue weighted by atomic mass is 9.81. The molecule has 118 valence electrons. The summed E-state index contributed by atoms with van der Waals surface area (Å²) in [5, 5.41) is 3.78. The highest BCUT2D eigenvalue weighted by atomic mass is 15.2. The molecule has 1 saturated carbocycles. The Morgan fingerprint density at radius 2 is 1.90 bits per heavy atom. The van der Waals surface area contributed by atoms with Crippen LogP contribution in [0.1, 0.15) is 72.6 Å². The van der Waals surface area contributed by atoms with Crippen molar-refractivity contribution in [3.8, 4) is 0 Å². The van der Waals surface area contributed by atoms with Gasteiger partial charge in [0.15, 0.2) is 0 Å².